The van der Waals surface area contributed by atoms with Crippen LogP contribution in [0.5, 0.6) is 0 Å². The number of carbonyl (C=O) groups excluding carboxylic acids is 1. The maximum absolute atomic E-state index is 15.7. The van der Waals surface area contributed by atoms with Gasteiger partial charge in [0.25, 0.3) is 0 Å². The van der Waals surface area contributed by atoms with Gasteiger partial charge in [0.15, 0.2) is 12.3 Å². The average Bonchev–Trinajstić information content (AvgIpc) is 3.55. The first-order chi connectivity index (χ1) is 17.6. The lowest BCUT2D eigenvalue weighted by molar-refractivity contribution is 0.0224. The third-order valence-electron chi connectivity index (χ3n) is 6.41. The maximum atomic E-state index is 15.7. The molecule has 1 saturated heterocycles. The van der Waals surface area contributed by atoms with Crippen LogP contribution in [-0.2, 0) is 11.8 Å². The molecular weight excluding hydrogens is 498 g/mol. The lowest BCUT2D eigenvalue weighted by Crippen LogP contribution is -2.36. The van der Waals surface area contributed by atoms with Crippen molar-refractivity contribution < 1.29 is 17.8 Å². The van der Waals surface area contributed by atoms with Crippen LogP contribution in [0.1, 0.15) is 50.8 Å². The van der Waals surface area contributed by atoms with E-state index in [0.717, 1.165) is 22.5 Å². The van der Waals surface area contributed by atoms with Gasteiger partial charge >= 0.3 is 6.09 Å². The van der Waals surface area contributed by atoms with E-state index >= 15 is 4.39 Å². The van der Waals surface area contributed by atoms with Crippen LogP contribution in [0, 0.1) is 12.7 Å². The van der Waals surface area contributed by atoms with Gasteiger partial charge in [-0.25, -0.2) is 9.18 Å². The van der Waals surface area contributed by atoms with Gasteiger partial charge in [0.2, 0.25) is 0 Å². The third kappa shape index (κ3) is 4.79. The molecule has 1 aliphatic rings. The van der Waals surface area contributed by atoms with Crippen LogP contribution < -0.4 is 0 Å². The molecule has 11 heteroatoms. The molecule has 4 aromatic rings. The normalized spacial score (nSPS) is 16.1. The number of ether oxygens (including phenoxy) is 1. The molecule has 1 aromatic carbocycles. The highest BCUT2D eigenvalue weighted by Crippen LogP contribution is 2.38. The molecule has 1 fully saturated rings. The minimum Gasteiger partial charge on any atom is -0.444 e. The Hall–Kier alpha value is -3.47. The van der Waals surface area contributed by atoms with E-state index in [0.29, 0.717) is 45.5 Å². The first-order valence-corrected chi connectivity index (χ1v) is 12.7. The van der Waals surface area contributed by atoms with Gasteiger partial charge in [-0.15, -0.1) is 3.89 Å². The maximum Gasteiger partial charge on any atom is 0.410 e. The Kier molecular flexibility index (Phi) is 6.43. The summed E-state index contributed by atoms with van der Waals surface area (Å²) in [7, 11) is 1.79. The Morgan fingerprint density at radius 3 is 2.65 bits per heavy atom. The van der Waals surface area contributed by atoms with Crippen LogP contribution in [0.15, 0.2) is 36.8 Å². The molecule has 1 aliphatic heterocycles. The number of aryl methyl sites for hydroxylation is 2. The van der Waals surface area contributed by atoms with Crippen LogP contribution >= 0.6 is 12.3 Å². The van der Waals surface area contributed by atoms with E-state index in [1.54, 1.807) is 35.1 Å². The van der Waals surface area contributed by atoms with Gasteiger partial charge in [0.05, 0.1) is 24.1 Å². The summed E-state index contributed by atoms with van der Waals surface area (Å²) in [6.45, 7) is 7.87. The standard InChI is InChI=1S/C26H28F2N6O2S/c1-15-9-16(21-7-6-8-33(21)25(35)36-26(2,3)4)10-19(27)23(15)20-11-18-22(13-29-20)34(37-28)31-24(18)17-12-30-32(5)14-17/h9-14,21H,6-8H2,1-5H3. The van der Waals surface area contributed by atoms with Crippen molar-refractivity contribution in [3.8, 4) is 22.5 Å². The molecule has 1 amide bonds. The van der Waals surface area contributed by atoms with Crippen molar-refractivity contribution in [3.63, 3.8) is 0 Å². The monoisotopic (exact) mass is 526 g/mol. The second kappa shape index (κ2) is 9.44. The van der Waals surface area contributed by atoms with Crippen molar-refractivity contribution >= 4 is 29.3 Å². The number of fused-ring (bicyclic) bond motifs is 1. The SMILES string of the molecule is Cc1cc(C2CCCN2C(=O)OC(C)(C)C)cc(F)c1-c1cc2c(-c3cnn(C)c3)nn(SF)c2cn1. The Morgan fingerprint density at radius 2 is 2.00 bits per heavy atom. The van der Waals surface area contributed by atoms with Gasteiger partial charge in [0.1, 0.15) is 22.6 Å². The second-order valence-electron chi connectivity index (χ2n) is 10.3. The molecule has 0 N–H and O–H groups in total. The van der Waals surface area contributed by atoms with Gasteiger partial charge < -0.3 is 9.64 Å². The molecule has 0 saturated carbocycles. The van der Waals surface area contributed by atoms with Gasteiger partial charge in [-0.1, -0.05) is 6.07 Å². The number of pyridine rings is 1. The summed E-state index contributed by atoms with van der Waals surface area (Å²) in [5.41, 5.74) is 3.29. The highest BCUT2D eigenvalue weighted by atomic mass is 32.2. The average molecular weight is 527 g/mol. The lowest BCUT2D eigenvalue weighted by atomic mass is 9.96. The van der Waals surface area contributed by atoms with Crippen molar-refractivity contribution in [3.05, 3.63) is 53.7 Å². The van der Waals surface area contributed by atoms with Crippen LogP contribution in [0.25, 0.3) is 33.4 Å². The molecular formula is C26H28F2N6O2S. The molecule has 0 spiro atoms. The second-order valence-corrected chi connectivity index (χ2v) is 10.8. The zero-order valence-electron chi connectivity index (χ0n) is 21.3. The lowest BCUT2D eigenvalue weighted by Gasteiger charge is -2.29. The molecule has 3 aromatic heterocycles. The summed E-state index contributed by atoms with van der Waals surface area (Å²) in [5, 5.41) is 9.18. The van der Waals surface area contributed by atoms with Crippen LogP contribution in [0.4, 0.5) is 13.1 Å². The summed E-state index contributed by atoms with van der Waals surface area (Å²) >= 11 is -0.0278. The number of nitrogens with zero attached hydrogens (tertiary/aromatic N) is 6. The highest BCUT2D eigenvalue weighted by Gasteiger charge is 2.34. The number of rotatable bonds is 4. The Labute approximate surface area is 218 Å². The smallest absolute Gasteiger partial charge is 0.410 e. The van der Waals surface area contributed by atoms with E-state index in [-0.39, 0.29) is 18.4 Å². The van der Waals surface area contributed by atoms with Crippen molar-refractivity contribution in [1.82, 2.24) is 28.9 Å². The third-order valence-corrected chi connectivity index (χ3v) is 6.82. The van der Waals surface area contributed by atoms with Crippen molar-refractivity contribution in [1.29, 1.82) is 0 Å². The van der Waals surface area contributed by atoms with Gasteiger partial charge in [0, 0.05) is 36.3 Å². The molecule has 37 heavy (non-hydrogen) atoms. The van der Waals surface area contributed by atoms with E-state index < -0.39 is 17.5 Å². The molecule has 4 heterocycles. The largest absolute Gasteiger partial charge is 0.444 e. The fourth-order valence-electron chi connectivity index (χ4n) is 4.87. The quantitative estimate of drug-likeness (QED) is 0.306. The summed E-state index contributed by atoms with van der Waals surface area (Å²) in [5.74, 6) is -0.437. The van der Waals surface area contributed by atoms with Crippen molar-refractivity contribution in [2.24, 2.45) is 7.05 Å². The first-order valence-electron chi connectivity index (χ1n) is 12.0. The Morgan fingerprint density at radius 1 is 1.22 bits per heavy atom. The fourth-order valence-corrected chi connectivity index (χ4v) is 5.21. The predicted octanol–water partition coefficient (Wildman–Crippen LogP) is 6.40. The molecule has 0 radical (unpaired) electrons. The zero-order valence-corrected chi connectivity index (χ0v) is 22.1. The van der Waals surface area contributed by atoms with Gasteiger partial charge in [-0.3, -0.25) is 9.67 Å². The minimum atomic E-state index is -0.608. The number of carbonyl (C=O) groups is 1. The molecule has 5 rings (SSSR count). The fraction of sp³-hybridized carbons (Fsp3) is 0.385. The summed E-state index contributed by atoms with van der Waals surface area (Å²) < 4.78 is 37.6. The molecule has 1 unspecified atom stereocenters. The Bertz CT molecular complexity index is 1470. The molecule has 194 valence electrons. The summed E-state index contributed by atoms with van der Waals surface area (Å²) in [4.78, 5) is 18.9. The minimum absolute atomic E-state index is 0.0278. The van der Waals surface area contributed by atoms with E-state index in [1.165, 1.54) is 12.3 Å². The van der Waals surface area contributed by atoms with Crippen molar-refractivity contribution in [2.45, 2.75) is 52.2 Å². The van der Waals surface area contributed by atoms with E-state index in [2.05, 4.69) is 15.2 Å². The Balaban J connectivity index is 1.53. The number of benzene rings is 1. The highest BCUT2D eigenvalue weighted by molar-refractivity contribution is 7.92. The number of hydrogen-bond acceptors (Lipinski definition) is 6. The molecule has 8 nitrogen and oxygen atoms in total. The number of likely N-dealkylation sites (tertiary alicyclic amines) is 1. The first kappa shape index (κ1) is 25.2. The van der Waals surface area contributed by atoms with Gasteiger partial charge in [-0.05, 0) is 63.8 Å². The molecule has 1 atom stereocenters. The number of hydrogen-bond donors (Lipinski definition) is 0. The summed E-state index contributed by atoms with van der Waals surface area (Å²) in [6.07, 6.45) is 6.09. The van der Waals surface area contributed by atoms with Crippen LogP contribution in [-0.4, -0.2) is 47.1 Å². The number of aromatic nitrogens is 5. The molecule has 0 bridgehead atoms. The van der Waals surface area contributed by atoms with Crippen LogP contribution in [0.2, 0.25) is 0 Å². The number of halogens is 2. The van der Waals surface area contributed by atoms with E-state index in [9.17, 15) is 8.68 Å². The predicted molar refractivity (Wildman–Crippen MR) is 139 cm³/mol. The number of amides is 1. The van der Waals surface area contributed by atoms with Crippen LogP contribution in [0.3, 0.4) is 0 Å². The zero-order chi connectivity index (χ0) is 26.5. The molecule has 0 aliphatic carbocycles. The van der Waals surface area contributed by atoms with E-state index in [1.807, 2.05) is 33.8 Å². The van der Waals surface area contributed by atoms with Crippen molar-refractivity contribution in [2.75, 3.05) is 6.54 Å². The van der Waals surface area contributed by atoms with E-state index in [4.69, 9.17) is 4.74 Å². The topological polar surface area (TPSA) is 78.1 Å². The van der Waals surface area contributed by atoms with Gasteiger partial charge in [-0.2, -0.15) is 14.3 Å². The summed E-state index contributed by atoms with van der Waals surface area (Å²) in [6, 6.07) is 4.85.